The van der Waals surface area contributed by atoms with Gasteiger partial charge in [0, 0.05) is 17.8 Å². The van der Waals surface area contributed by atoms with E-state index in [9.17, 15) is 0 Å². The quantitative estimate of drug-likeness (QED) is 0.733. The van der Waals surface area contributed by atoms with Crippen molar-refractivity contribution in [3.63, 3.8) is 0 Å². The lowest BCUT2D eigenvalue weighted by atomic mass is 10.2. The number of nitrogens with zero attached hydrogens (tertiary/aromatic N) is 4. The van der Waals surface area contributed by atoms with Gasteiger partial charge in [-0.15, -0.1) is 11.3 Å². The molecule has 0 spiro atoms. The van der Waals surface area contributed by atoms with Gasteiger partial charge in [-0.05, 0) is 19.1 Å². The maximum absolute atomic E-state index is 4.49. The van der Waals surface area contributed by atoms with E-state index in [-0.39, 0.29) is 0 Å². The molecule has 5 heteroatoms. The van der Waals surface area contributed by atoms with E-state index >= 15 is 0 Å². The molecule has 0 aliphatic rings. The Morgan fingerprint density at radius 3 is 2.84 bits per heavy atom. The van der Waals surface area contributed by atoms with Gasteiger partial charge in [-0.3, -0.25) is 0 Å². The first-order chi connectivity index (χ1) is 9.24. The summed E-state index contributed by atoms with van der Waals surface area (Å²) in [5.41, 5.74) is 2.04. The summed E-state index contributed by atoms with van der Waals surface area (Å²) >= 11 is 1.67. The normalized spacial score (nSPS) is 10.8. The Kier molecular flexibility index (Phi) is 3.13. The van der Waals surface area contributed by atoms with E-state index < -0.39 is 0 Å². The predicted molar refractivity (Wildman–Crippen MR) is 78.5 cm³/mol. The number of hydrogen-bond acceptors (Lipinski definition) is 5. The van der Waals surface area contributed by atoms with E-state index in [1.807, 2.05) is 38.2 Å². The summed E-state index contributed by atoms with van der Waals surface area (Å²) in [5, 5.41) is 4.25. The van der Waals surface area contributed by atoms with Crippen molar-refractivity contribution in [2.75, 3.05) is 11.9 Å². The lowest BCUT2D eigenvalue weighted by molar-refractivity contribution is 0.872. The SMILES string of the molecule is Cc1nc(CN(C)c2ncnc3ccccc23)cs1. The Balaban J connectivity index is 1.95. The van der Waals surface area contributed by atoms with Gasteiger partial charge in [-0.25, -0.2) is 15.0 Å². The molecule has 0 aliphatic heterocycles. The van der Waals surface area contributed by atoms with Crippen LogP contribution in [0, 0.1) is 6.92 Å². The molecule has 2 aromatic heterocycles. The van der Waals surface area contributed by atoms with Crippen LogP contribution in [0.4, 0.5) is 5.82 Å². The number of para-hydroxylation sites is 1. The number of fused-ring (bicyclic) bond motifs is 1. The molecule has 96 valence electrons. The molecular weight excluding hydrogens is 256 g/mol. The molecular formula is C14H14N4S. The predicted octanol–water partition coefficient (Wildman–Crippen LogP) is 3.03. The molecule has 2 heterocycles. The highest BCUT2D eigenvalue weighted by molar-refractivity contribution is 7.09. The van der Waals surface area contributed by atoms with Crippen molar-refractivity contribution in [1.82, 2.24) is 15.0 Å². The minimum Gasteiger partial charge on any atom is -0.353 e. The van der Waals surface area contributed by atoms with Gasteiger partial charge in [-0.1, -0.05) is 12.1 Å². The zero-order chi connectivity index (χ0) is 13.2. The third kappa shape index (κ3) is 2.42. The van der Waals surface area contributed by atoms with E-state index in [4.69, 9.17) is 0 Å². The van der Waals surface area contributed by atoms with Crippen molar-refractivity contribution in [2.24, 2.45) is 0 Å². The lowest BCUT2D eigenvalue weighted by Crippen LogP contribution is -2.18. The summed E-state index contributed by atoms with van der Waals surface area (Å²) in [6.45, 7) is 2.78. The molecule has 0 aliphatic carbocycles. The average molecular weight is 270 g/mol. The second-order valence-corrected chi connectivity index (χ2v) is 5.49. The van der Waals surface area contributed by atoms with Gasteiger partial charge in [0.2, 0.25) is 0 Å². The Labute approximate surface area is 115 Å². The van der Waals surface area contributed by atoms with Gasteiger partial charge in [-0.2, -0.15) is 0 Å². The first kappa shape index (κ1) is 12.0. The third-order valence-corrected chi connectivity index (χ3v) is 3.77. The Morgan fingerprint density at radius 2 is 2.05 bits per heavy atom. The molecule has 19 heavy (non-hydrogen) atoms. The zero-order valence-corrected chi connectivity index (χ0v) is 11.7. The van der Waals surface area contributed by atoms with Crippen molar-refractivity contribution < 1.29 is 0 Å². The molecule has 3 aromatic rings. The fourth-order valence-electron chi connectivity index (χ4n) is 2.09. The van der Waals surface area contributed by atoms with E-state index in [0.29, 0.717) is 0 Å². The number of benzene rings is 1. The van der Waals surface area contributed by atoms with Crippen molar-refractivity contribution in [1.29, 1.82) is 0 Å². The smallest absolute Gasteiger partial charge is 0.139 e. The maximum atomic E-state index is 4.49. The molecule has 0 bridgehead atoms. The molecule has 0 unspecified atom stereocenters. The molecule has 1 aromatic carbocycles. The van der Waals surface area contributed by atoms with Crippen molar-refractivity contribution in [2.45, 2.75) is 13.5 Å². The largest absolute Gasteiger partial charge is 0.353 e. The molecule has 0 saturated heterocycles. The Morgan fingerprint density at radius 1 is 1.21 bits per heavy atom. The topological polar surface area (TPSA) is 41.9 Å². The summed E-state index contributed by atoms with van der Waals surface area (Å²) in [5.74, 6) is 0.941. The van der Waals surface area contributed by atoms with Gasteiger partial charge in [0.15, 0.2) is 0 Å². The summed E-state index contributed by atoms with van der Waals surface area (Å²) in [4.78, 5) is 15.3. The fraction of sp³-hybridized carbons (Fsp3) is 0.214. The van der Waals surface area contributed by atoms with Crippen LogP contribution in [0.15, 0.2) is 36.0 Å². The van der Waals surface area contributed by atoms with Crippen LogP contribution in [0.1, 0.15) is 10.7 Å². The first-order valence-electron chi connectivity index (χ1n) is 6.06. The maximum Gasteiger partial charge on any atom is 0.139 e. The highest BCUT2D eigenvalue weighted by Crippen LogP contribution is 2.23. The van der Waals surface area contributed by atoms with Crippen LogP contribution >= 0.6 is 11.3 Å². The number of thiazole rings is 1. The van der Waals surface area contributed by atoms with Gasteiger partial charge < -0.3 is 4.90 Å². The third-order valence-electron chi connectivity index (χ3n) is 2.95. The summed E-state index contributed by atoms with van der Waals surface area (Å²) in [6.07, 6.45) is 1.61. The standard InChI is InChI=1S/C14H14N4S/c1-10-17-11(8-19-10)7-18(2)14-12-5-3-4-6-13(12)15-9-16-14/h3-6,8-9H,7H2,1-2H3. The molecule has 0 radical (unpaired) electrons. The van der Waals surface area contributed by atoms with Crippen LogP contribution in [-0.2, 0) is 6.54 Å². The molecule has 0 saturated carbocycles. The number of hydrogen-bond donors (Lipinski definition) is 0. The van der Waals surface area contributed by atoms with Crippen LogP contribution in [-0.4, -0.2) is 22.0 Å². The molecule has 0 atom stereocenters. The number of anilines is 1. The molecule has 3 rings (SSSR count). The molecule has 0 amide bonds. The zero-order valence-electron chi connectivity index (χ0n) is 10.9. The fourth-order valence-corrected chi connectivity index (χ4v) is 2.70. The van der Waals surface area contributed by atoms with Gasteiger partial charge in [0.1, 0.15) is 12.1 Å². The lowest BCUT2D eigenvalue weighted by Gasteiger charge is -2.18. The van der Waals surface area contributed by atoms with Crippen molar-refractivity contribution in [3.05, 3.63) is 46.7 Å². The average Bonchev–Trinajstić information content (AvgIpc) is 2.83. The second-order valence-electron chi connectivity index (χ2n) is 4.43. The van der Waals surface area contributed by atoms with Crippen LogP contribution in [0.2, 0.25) is 0 Å². The van der Waals surface area contributed by atoms with E-state index in [1.165, 1.54) is 0 Å². The summed E-state index contributed by atoms with van der Waals surface area (Å²) in [6, 6.07) is 8.05. The van der Waals surface area contributed by atoms with Gasteiger partial charge in [0.05, 0.1) is 22.8 Å². The van der Waals surface area contributed by atoms with Crippen molar-refractivity contribution in [3.8, 4) is 0 Å². The number of aryl methyl sites for hydroxylation is 1. The second kappa shape index (κ2) is 4.93. The Hall–Kier alpha value is -2.01. The summed E-state index contributed by atoms with van der Waals surface area (Å²) in [7, 11) is 2.03. The van der Waals surface area contributed by atoms with Crippen LogP contribution < -0.4 is 4.90 Å². The van der Waals surface area contributed by atoms with Crippen LogP contribution in [0.5, 0.6) is 0 Å². The molecule has 4 nitrogen and oxygen atoms in total. The summed E-state index contributed by atoms with van der Waals surface area (Å²) < 4.78 is 0. The first-order valence-corrected chi connectivity index (χ1v) is 6.94. The van der Waals surface area contributed by atoms with Crippen LogP contribution in [0.3, 0.4) is 0 Å². The van der Waals surface area contributed by atoms with Gasteiger partial charge >= 0.3 is 0 Å². The van der Waals surface area contributed by atoms with Gasteiger partial charge in [0.25, 0.3) is 0 Å². The van der Waals surface area contributed by atoms with E-state index in [1.54, 1.807) is 17.7 Å². The van der Waals surface area contributed by atoms with E-state index in [2.05, 4.69) is 25.2 Å². The Bertz CT molecular complexity index is 702. The van der Waals surface area contributed by atoms with E-state index in [0.717, 1.165) is 34.0 Å². The minimum absolute atomic E-state index is 0.755. The van der Waals surface area contributed by atoms with Crippen LogP contribution in [0.25, 0.3) is 10.9 Å². The molecule has 0 N–H and O–H groups in total. The monoisotopic (exact) mass is 270 g/mol. The van der Waals surface area contributed by atoms with Crippen molar-refractivity contribution >= 4 is 28.1 Å². The minimum atomic E-state index is 0.755. The number of aromatic nitrogens is 3. The highest BCUT2D eigenvalue weighted by atomic mass is 32.1. The number of rotatable bonds is 3. The molecule has 0 fully saturated rings. The highest BCUT2D eigenvalue weighted by Gasteiger charge is 2.09.